The smallest absolute Gasteiger partial charge is 0.123 e. The van der Waals surface area contributed by atoms with Crippen LogP contribution in [-0.2, 0) is 0 Å². The molecule has 2 aromatic rings. The van der Waals surface area contributed by atoms with Crippen molar-refractivity contribution in [2.45, 2.75) is 22.8 Å². The van der Waals surface area contributed by atoms with E-state index in [1.165, 1.54) is 23.9 Å². The quantitative estimate of drug-likeness (QED) is 0.825. The highest BCUT2D eigenvalue weighted by Gasteiger charge is 2.12. The molecule has 0 aliphatic heterocycles. The molecule has 0 radical (unpaired) electrons. The van der Waals surface area contributed by atoms with Crippen LogP contribution < -0.4 is 0 Å². The summed E-state index contributed by atoms with van der Waals surface area (Å²) in [6, 6.07) is 9.45. The zero-order valence-electron chi connectivity index (χ0n) is 10.0. The van der Waals surface area contributed by atoms with Crippen LogP contribution in [0.1, 0.15) is 18.6 Å². The second-order valence-electron chi connectivity index (χ2n) is 4.03. The molecule has 0 spiro atoms. The van der Waals surface area contributed by atoms with E-state index in [1.807, 2.05) is 0 Å². The minimum absolute atomic E-state index is 0.377. The number of rotatable bonds is 3. The van der Waals surface area contributed by atoms with E-state index in [4.69, 9.17) is 23.2 Å². The highest BCUT2D eigenvalue weighted by atomic mass is 35.5. The van der Waals surface area contributed by atoms with Crippen molar-refractivity contribution >= 4 is 35.0 Å². The number of aliphatic hydroxyl groups excluding tert-OH is 1. The lowest BCUT2D eigenvalue weighted by Crippen LogP contribution is -1.95. The molecule has 1 atom stereocenters. The Labute approximate surface area is 125 Å². The predicted molar refractivity (Wildman–Crippen MR) is 77.6 cm³/mol. The first-order valence-corrected chi connectivity index (χ1v) is 7.15. The minimum Gasteiger partial charge on any atom is -0.389 e. The van der Waals surface area contributed by atoms with Crippen molar-refractivity contribution in [3.63, 3.8) is 0 Å². The Morgan fingerprint density at radius 3 is 2.53 bits per heavy atom. The van der Waals surface area contributed by atoms with Crippen LogP contribution in [0.5, 0.6) is 0 Å². The second kappa shape index (κ2) is 6.14. The molecule has 100 valence electrons. The van der Waals surface area contributed by atoms with E-state index in [0.717, 1.165) is 9.79 Å². The van der Waals surface area contributed by atoms with Crippen LogP contribution in [0.2, 0.25) is 10.0 Å². The largest absolute Gasteiger partial charge is 0.389 e. The fourth-order valence-electron chi connectivity index (χ4n) is 1.61. The number of hydrogen-bond acceptors (Lipinski definition) is 2. The molecule has 19 heavy (non-hydrogen) atoms. The van der Waals surface area contributed by atoms with E-state index in [9.17, 15) is 9.50 Å². The summed E-state index contributed by atoms with van der Waals surface area (Å²) in [5, 5.41) is 10.8. The molecule has 0 bridgehead atoms. The monoisotopic (exact) mass is 316 g/mol. The topological polar surface area (TPSA) is 20.2 Å². The van der Waals surface area contributed by atoms with Gasteiger partial charge >= 0.3 is 0 Å². The van der Waals surface area contributed by atoms with Crippen LogP contribution in [0.15, 0.2) is 46.2 Å². The van der Waals surface area contributed by atoms with E-state index in [1.54, 1.807) is 31.2 Å². The van der Waals surface area contributed by atoms with Crippen molar-refractivity contribution in [3.8, 4) is 0 Å². The van der Waals surface area contributed by atoms with Crippen LogP contribution in [0.25, 0.3) is 0 Å². The summed E-state index contributed by atoms with van der Waals surface area (Å²) >= 11 is 13.4. The molecule has 0 aromatic heterocycles. The van der Waals surface area contributed by atoms with Gasteiger partial charge in [-0.2, -0.15) is 0 Å². The SMILES string of the molecule is CC(O)c1cc(F)ccc1Sc1cc(Cl)ccc1Cl. The lowest BCUT2D eigenvalue weighted by Gasteiger charge is -2.12. The Hall–Kier alpha value is -0.740. The van der Waals surface area contributed by atoms with Gasteiger partial charge in [0.1, 0.15) is 5.82 Å². The summed E-state index contributed by atoms with van der Waals surface area (Å²) in [7, 11) is 0. The molecule has 0 aliphatic rings. The van der Waals surface area contributed by atoms with Crippen LogP contribution in [0, 0.1) is 5.82 Å². The van der Waals surface area contributed by atoms with Gasteiger partial charge in [-0.3, -0.25) is 0 Å². The predicted octanol–water partition coefficient (Wildman–Crippen LogP) is 5.34. The molecule has 5 heteroatoms. The van der Waals surface area contributed by atoms with Gasteiger partial charge in [0.15, 0.2) is 0 Å². The zero-order chi connectivity index (χ0) is 14.0. The standard InChI is InChI=1S/C14H11Cl2FOS/c1-8(18)11-7-10(17)3-5-13(11)19-14-6-9(15)2-4-12(14)16/h2-8,18H,1H3. The normalized spacial score (nSPS) is 12.5. The molecule has 0 saturated carbocycles. The lowest BCUT2D eigenvalue weighted by atomic mass is 10.1. The number of halogens is 3. The Morgan fingerprint density at radius 2 is 1.84 bits per heavy atom. The molecule has 1 unspecified atom stereocenters. The molecule has 1 nitrogen and oxygen atoms in total. The molecular weight excluding hydrogens is 306 g/mol. The molecular formula is C14H11Cl2FOS. The van der Waals surface area contributed by atoms with Crippen LogP contribution in [-0.4, -0.2) is 5.11 Å². The third kappa shape index (κ3) is 3.63. The number of aliphatic hydroxyl groups is 1. The highest BCUT2D eigenvalue weighted by molar-refractivity contribution is 7.99. The first-order chi connectivity index (χ1) is 8.97. The summed E-state index contributed by atoms with van der Waals surface area (Å²) in [5.74, 6) is -0.377. The Kier molecular flexibility index (Phi) is 4.74. The average molecular weight is 317 g/mol. The van der Waals surface area contributed by atoms with E-state index in [2.05, 4.69) is 0 Å². The van der Waals surface area contributed by atoms with E-state index in [0.29, 0.717) is 15.6 Å². The van der Waals surface area contributed by atoms with Crippen molar-refractivity contribution < 1.29 is 9.50 Å². The molecule has 0 fully saturated rings. The molecule has 2 rings (SSSR count). The number of benzene rings is 2. The molecule has 0 heterocycles. The first kappa shape index (κ1) is 14.7. The summed E-state index contributed by atoms with van der Waals surface area (Å²) in [4.78, 5) is 1.52. The van der Waals surface area contributed by atoms with E-state index < -0.39 is 6.10 Å². The molecule has 1 N–H and O–H groups in total. The molecule has 0 amide bonds. The van der Waals surface area contributed by atoms with Crippen molar-refractivity contribution in [2.75, 3.05) is 0 Å². The maximum absolute atomic E-state index is 13.2. The van der Waals surface area contributed by atoms with Gasteiger partial charge < -0.3 is 5.11 Å². The summed E-state index contributed by atoms with van der Waals surface area (Å²) in [6.45, 7) is 1.60. The lowest BCUT2D eigenvalue weighted by molar-refractivity contribution is 0.196. The molecule has 2 aromatic carbocycles. The van der Waals surface area contributed by atoms with Gasteiger partial charge in [0, 0.05) is 14.8 Å². The maximum Gasteiger partial charge on any atom is 0.123 e. The third-order valence-electron chi connectivity index (χ3n) is 2.54. The Balaban J connectivity index is 2.40. The van der Waals surface area contributed by atoms with Gasteiger partial charge in [0.25, 0.3) is 0 Å². The van der Waals surface area contributed by atoms with Gasteiger partial charge in [-0.05, 0) is 48.9 Å². The first-order valence-electron chi connectivity index (χ1n) is 5.58. The fraction of sp³-hybridized carbons (Fsp3) is 0.143. The van der Waals surface area contributed by atoms with Crippen LogP contribution in [0.3, 0.4) is 0 Å². The maximum atomic E-state index is 13.2. The van der Waals surface area contributed by atoms with Crippen molar-refractivity contribution in [1.82, 2.24) is 0 Å². The van der Waals surface area contributed by atoms with E-state index >= 15 is 0 Å². The van der Waals surface area contributed by atoms with Gasteiger partial charge in [0.2, 0.25) is 0 Å². The average Bonchev–Trinajstić information content (AvgIpc) is 2.35. The van der Waals surface area contributed by atoms with Crippen molar-refractivity contribution in [2.24, 2.45) is 0 Å². The fourth-order valence-corrected chi connectivity index (χ4v) is 3.15. The number of hydrogen-bond donors (Lipinski definition) is 1. The van der Waals surface area contributed by atoms with Gasteiger partial charge in [-0.15, -0.1) is 0 Å². The summed E-state index contributed by atoms with van der Waals surface area (Å²) < 4.78 is 13.2. The third-order valence-corrected chi connectivity index (χ3v) is 4.36. The van der Waals surface area contributed by atoms with Crippen LogP contribution >= 0.6 is 35.0 Å². The van der Waals surface area contributed by atoms with Gasteiger partial charge in [-0.1, -0.05) is 35.0 Å². The Morgan fingerprint density at radius 1 is 1.11 bits per heavy atom. The highest BCUT2D eigenvalue weighted by Crippen LogP contribution is 2.38. The van der Waals surface area contributed by atoms with Crippen molar-refractivity contribution in [3.05, 3.63) is 57.8 Å². The van der Waals surface area contributed by atoms with Gasteiger partial charge in [-0.25, -0.2) is 4.39 Å². The summed E-state index contributed by atoms with van der Waals surface area (Å²) in [5.41, 5.74) is 0.529. The summed E-state index contributed by atoms with van der Waals surface area (Å²) in [6.07, 6.45) is -0.754. The van der Waals surface area contributed by atoms with Crippen molar-refractivity contribution in [1.29, 1.82) is 0 Å². The Bertz CT molecular complexity index is 602. The van der Waals surface area contributed by atoms with Crippen LogP contribution in [0.4, 0.5) is 4.39 Å². The zero-order valence-corrected chi connectivity index (χ0v) is 12.4. The second-order valence-corrected chi connectivity index (χ2v) is 5.96. The molecule has 0 saturated heterocycles. The van der Waals surface area contributed by atoms with E-state index in [-0.39, 0.29) is 5.82 Å². The molecule has 0 aliphatic carbocycles. The van der Waals surface area contributed by atoms with Gasteiger partial charge in [0.05, 0.1) is 11.1 Å². The minimum atomic E-state index is -0.754.